The quantitative estimate of drug-likeness (QED) is 0.437. The van der Waals surface area contributed by atoms with Gasteiger partial charge in [-0.25, -0.2) is 4.98 Å². The van der Waals surface area contributed by atoms with Crippen LogP contribution in [0, 0.1) is 19.8 Å². The van der Waals surface area contributed by atoms with Gasteiger partial charge in [-0.3, -0.25) is 9.20 Å². The number of amides is 1. The molecule has 0 spiro atoms. The Labute approximate surface area is 203 Å². The molecule has 0 N–H and O–H groups in total. The van der Waals surface area contributed by atoms with Gasteiger partial charge in [0.15, 0.2) is 0 Å². The number of aryl methyl sites for hydroxylation is 2. The Morgan fingerprint density at radius 1 is 1.03 bits per heavy atom. The van der Waals surface area contributed by atoms with Gasteiger partial charge in [-0.05, 0) is 69.6 Å². The average molecular weight is 460 g/mol. The third-order valence-electron chi connectivity index (χ3n) is 7.55. The molecule has 5 heteroatoms. The van der Waals surface area contributed by atoms with Crippen molar-refractivity contribution in [3.05, 3.63) is 70.7 Å². The highest BCUT2D eigenvalue weighted by Crippen LogP contribution is 2.33. The van der Waals surface area contributed by atoms with Gasteiger partial charge in [-0.15, -0.1) is 0 Å². The number of benzene rings is 1. The molecule has 2 fully saturated rings. The monoisotopic (exact) mass is 459 g/mol. The molecule has 2 aliphatic rings. The second-order valence-corrected chi connectivity index (χ2v) is 10.2. The van der Waals surface area contributed by atoms with E-state index in [0.717, 1.165) is 60.7 Å². The molecule has 3 aromatic rings. The summed E-state index contributed by atoms with van der Waals surface area (Å²) in [5.74, 6) is 0.742. The maximum absolute atomic E-state index is 13.2. The lowest BCUT2D eigenvalue weighted by molar-refractivity contribution is 0.0389. The van der Waals surface area contributed by atoms with Gasteiger partial charge in [0.1, 0.15) is 11.8 Å². The molecule has 5 rings (SSSR count). The Kier molecular flexibility index (Phi) is 7.00. The molecule has 3 heterocycles. The van der Waals surface area contributed by atoms with Crippen molar-refractivity contribution in [2.75, 3.05) is 19.7 Å². The number of aromatic nitrogens is 2. The van der Waals surface area contributed by atoms with Crippen molar-refractivity contribution in [3.8, 4) is 0 Å². The Hall–Kier alpha value is -2.66. The standard InChI is InChI=1S/C29H37N3O2/c1-21-10-9-13-24(18-21)28(34-20-23-11-5-3-6-12-23)27-22(2)30-26-15-14-25(19-32(26)27)29(33)31-16-7-4-8-17-31/h9-10,13-15,18-19,23,28H,3-8,11-12,16-17,20H2,1-2H3. The summed E-state index contributed by atoms with van der Waals surface area (Å²) in [5, 5.41) is 0. The molecule has 1 aliphatic heterocycles. The van der Waals surface area contributed by atoms with E-state index in [1.54, 1.807) is 0 Å². The highest BCUT2D eigenvalue weighted by atomic mass is 16.5. The van der Waals surface area contributed by atoms with Crippen LogP contribution < -0.4 is 0 Å². The van der Waals surface area contributed by atoms with E-state index in [1.807, 2.05) is 23.2 Å². The fourth-order valence-electron chi connectivity index (χ4n) is 5.65. The van der Waals surface area contributed by atoms with Crippen molar-refractivity contribution in [3.63, 3.8) is 0 Å². The number of piperidine rings is 1. The first-order valence-corrected chi connectivity index (χ1v) is 13.1. The van der Waals surface area contributed by atoms with Crippen LogP contribution in [0.4, 0.5) is 0 Å². The highest BCUT2D eigenvalue weighted by Gasteiger charge is 2.26. The molecule has 1 amide bonds. The van der Waals surface area contributed by atoms with Gasteiger partial charge in [0.25, 0.3) is 5.91 Å². The SMILES string of the molecule is Cc1cccc(C(OCC2CCCCC2)c2c(C)nc3ccc(C(=O)N4CCCCC4)cn23)c1. The number of hydrogen-bond donors (Lipinski definition) is 0. The Morgan fingerprint density at radius 3 is 2.56 bits per heavy atom. The van der Waals surface area contributed by atoms with E-state index in [1.165, 1.54) is 44.1 Å². The van der Waals surface area contributed by atoms with Crippen molar-refractivity contribution in [2.45, 2.75) is 71.3 Å². The number of pyridine rings is 1. The van der Waals surface area contributed by atoms with Crippen LogP contribution in [-0.4, -0.2) is 39.9 Å². The molecule has 1 unspecified atom stereocenters. The largest absolute Gasteiger partial charge is 0.367 e. The molecule has 1 saturated heterocycles. The molecule has 5 nitrogen and oxygen atoms in total. The first-order chi connectivity index (χ1) is 16.6. The van der Waals surface area contributed by atoms with Crippen LogP contribution in [0.5, 0.6) is 0 Å². The van der Waals surface area contributed by atoms with E-state index in [4.69, 9.17) is 9.72 Å². The van der Waals surface area contributed by atoms with Crippen molar-refractivity contribution in [1.29, 1.82) is 0 Å². The predicted octanol–water partition coefficient (Wildman–Crippen LogP) is 6.26. The third-order valence-corrected chi connectivity index (χ3v) is 7.55. The van der Waals surface area contributed by atoms with Crippen LogP contribution in [0.25, 0.3) is 5.65 Å². The third kappa shape index (κ3) is 4.90. The zero-order valence-corrected chi connectivity index (χ0v) is 20.6. The van der Waals surface area contributed by atoms with Crippen LogP contribution in [0.1, 0.15) is 90.3 Å². The van der Waals surface area contributed by atoms with E-state index in [9.17, 15) is 4.79 Å². The van der Waals surface area contributed by atoms with E-state index in [-0.39, 0.29) is 12.0 Å². The molecule has 1 aliphatic carbocycles. The molecule has 1 aromatic carbocycles. The lowest BCUT2D eigenvalue weighted by Crippen LogP contribution is -2.35. The molecule has 34 heavy (non-hydrogen) atoms. The van der Waals surface area contributed by atoms with Gasteiger partial charge in [0.05, 0.1) is 23.6 Å². The van der Waals surface area contributed by atoms with Gasteiger partial charge in [0.2, 0.25) is 0 Å². The Balaban J connectivity index is 1.51. The molecular weight excluding hydrogens is 422 g/mol. The van der Waals surface area contributed by atoms with Crippen molar-refractivity contribution >= 4 is 11.6 Å². The highest BCUT2D eigenvalue weighted by molar-refractivity contribution is 5.94. The normalized spacial score (nSPS) is 18.4. The summed E-state index contributed by atoms with van der Waals surface area (Å²) >= 11 is 0. The predicted molar refractivity (Wildman–Crippen MR) is 135 cm³/mol. The molecule has 1 atom stereocenters. The van der Waals surface area contributed by atoms with Gasteiger partial charge < -0.3 is 9.64 Å². The molecule has 180 valence electrons. The van der Waals surface area contributed by atoms with Gasteiger partial charge in [-0.2, -0.15) is 0 Å². The Bertz CT molecular complexity index is 1140. The second-order valence-electron chi connectivity index (χ2n) is 10.2. The fourth-order valence-corrected chi connectivity index (χ4v) is 5.65. The first kappa shape index (κ1) is 23.1. The summed E-state index contributed by atoms with van der Waals surface area (Å²) in [7, 11) is 0. The van der Waals surface area contributed by atoms with Gasteiger partial charge in [0, 0.05) is 19.3 Å². The molecule has 2 aromatic heterocycles. The fraction of sp³-hybridized carbons (Fsp3) is 0.517. The summed E-state index contributed by atoms with van der Waals surface area (Å²) in [6.45, 7) is 6.64. The summed E-state index contributed by atoms with van der Waals surface area (Å²) in [6, 6.07) is 12.5. The van der Waals surface area contributed by atoms with E-state index in [2.05, 4.69) is 42.5 Å². The number of carbonyl (C=O) groups excluding carboxylic acids is 1. The van der Waals surface area contributed by atoms with Gasteiger partial charge >= 0.3 is 0 Å². The number of nitrogens with zero attached hydrogens (tertiary/aromatic N) is 3. The summed E-state index contributed by atoms with van der Waals surface area (Å²) in [5.41, 5.74) is 5.94. The van der Waals surface area contributed by atoms with Crippen LogP contribution in [0.3, 0.4) is 0 Å². The van der Waals surface area contributed by atoms with Gasteiger partial charge in [-0.1, -0.05) is 49.1 Å². The first-order valence-electron chi connectivity index (χ1n) is 13.1. The maximum Gasteiger partial charge on any atom is 0.255 e. The van der Waals surface area contributed by atoms with E-state index in [0.29, 0.717) is 5.92 Å². The van der Waals surface area contributed by atoms with Crippen LogP contribution in [0.2, 0.25) is 0 Å². The maximum atomic E-state index is 13.2. The summed E-state index contributed by atoms with van der Waals surface area (Å²) < 4.78 is 8.81. The Morgan fingerprint density at radius 2 is 1.79 bits per heavy atom. The van der Waals surface area contributed by atoms with Crippen molar-refractivity contribution in [1.82, 2.24) is 14.3 Å². The van der Waals surface area contributed by atoms with Crippen LogP contribution in [-0.2, 0) is 4.74 Å². The molecule has 1 saturated carbocycles. The second kappa shape index (κ2) is 10.3. The zero-order chi connectivity index (χ0) is 23.5. The summed E-state index contributed by atoms with van der Waals surface area (Å²) in [4.78, 5) is 20.1. The lowest BCUT2D eigenvalue weighted by atomic mass is 9.90. The van der Waals surface area contributed by atoms with Crippen molar-refractivity contribution < 1.29 is 9.53 Å². The smallest absolute Gasteiger partial charge is 0.255 e. The molecule has 0 bridgehead atoms. The van der Waals surface area contributed by atoms with Crippen molar-refractivity contribution in [2.24, 2.45) is 5.92 Å². The number of ether oxygens (including phenoxy) is 1. The van der Waals surface area contributed by atoms with Crippen LogP contribution in [0.15, 0.2) is 42.6 Å². The minimum Gasteiger partial charge on any atom is -0.367 e. The van der Waals surface area contributed by atoms with E-state index < -0.39 is 0 Å². The summed E-state index contributed by atoms with van der Waals surface area (Å²) in [6.07, 6.45) is 11.6. The lowest BCUT2D eigenvalue weighted by Gasteiger charge is -2.27. The minimum atomic E-state index is -0.211. The number of rotatable bonds is 6. The topological polar surface area (TPSA) is 46.8 Å². The number of fused-ring (bicyclic) bond motifs is 1. The number of imidazole rings is 1. The molecular formula is C29H37N3O2. The minimum absolute atomic E-state index is 0.120. The number of carbonyl (C=O) groups is 1. The number of likely N-dealkylation sites (tertiary alicyclic amines) is 1. The average Bonchev–Trinajstić information content (AvgIpc) is 3.20. The van der Waals surface area contributed by atoms with E-state index >= 15 is 0 Å². The van der Waals surface area contributed by atoms with Crippen LogP contribution >= 0.6 is 0 Å². The molecule has 0 radical (unpaired) electrons. The number of hydrogen-bond acceptors (Lipinski definition) is 3. The zero-order valence-electron chi connectivity index (χ0n) is 20.6.